The first-order valence-electron chi connectivity index (χ1n) is 10.2. The summed E-state index contributed by atoms with van der Waals surface area (Å²) in [7, 11) is 0. The first-order valence-corrected chi connectivity index (χ1v) is 11.1. The molecule has 0 radical (unpaired) electrons. The summed E-state index contributed by atoms with van der Waals surface area (Å²) in [5.41, 5.74) is 1.21. The number of anilines is 1. The molecule has 1 saturated heterocycles. The van der Waals surface area contributed by atoms with E-state index in [9.17, 15) is 14.0 Å². The standard InChI is InChI=1S/C22H24FN5O2S/c1-14(2)18(26-19(29)15-5-7-16(23)8-6-15)21(30)27-10-12-28(13-11-27)22-25-17-4-3-9-24-20(17)31-22/h3-9,14,18H,10-13H2,1-2H3,(H,26,29). The minimum atomic E-state index is -0.643. The van der Waals surface area contributed by atoms with E-state index in [1.807, 2.05) is 26.0 Å². The van der Waals surface area contributed by atoms with E-state index >= 15 is 0 Å². The van der Waals surface area contributed by atoms with Gasteiger partial charge in [0.2, 0.25) is 5.91 Å². The molecular formula is C22H24FN5O2S. The van der Waals surface area contributed by atoms with Crippen molar-refractivity contribution in [2.45, 2.75) is 19.9 Å². The Bertz CT molecular complexity index is 1040. The van der Waals surface area contributed by atoms with Gasteiger partial charge >= 0.3 is 0 Å². The zero-order chi connectivity index (χ0) is 22.0. The van der Waals surface area contributed by atoms with E-state index < -0.39 is 11.9 Å². The monoisotopic (exact) mass is 441 g/mol. The van der Waals surface area contributed by atoms with Crippen molar-refractivity contribution in [3.05, 3.63) is 54.0 Å². The largest absolute Gasteiger partial charge is 0.344 e. The molecule has 2 amide bonds. The quantitative estimate of drug-likeness (QED) is 0.659. The third kappa shape index (κ3) is 4.66. The van der Waals surface area contributed by atoms with Crippen LogP contribution in [0.5, 0.6) is 0 Å². The molecular weight excluding hydrogens is 417 g/mol. The van der Waals surface area contributed by atoms with Gasteiger partial charge in [-0.1, -0.05) is 25.2 Å². The SMILES string of the molecule is CC(C)C(NC(=O)c1ccc(F)cc1)C(=O)N1CCN(c2nc3cccnc3s2)CC1. The van der Waals surface area contributed by atoms with Crippen LogP contribution in [0.4, 0.5) is 9.52 Å². The van der Waals surface area contributed by atoms with E-state index in [-0.39, 0.29) is 17.7 Å². The number of halogens is 1. The number of thiazole rings is 1. The average molecular weight is 442 g/mol. The lowest BCUT2D eigenvalue weighted by Gasteiger charge is -2.37. The topological polar surface area (TPSA) is 78.4 Å². The number of aromatic nitrogens is 2. The highest BCUT2D eigenvalue weighted by Crippen LogP contribution is 2.27. The molecule has 2 aromatic heterocycles. The summed E-state index contributed by atoms with van der Waals surface area (Å²) in [6.07, 6.45) is 1.76. The van der Waals surface area contributed by atoms with Gasteiger partial charge in [0.1, 0.15) is 22.2 Å². The van der Waals surface area contributed by atoms with Crippen LogP contribution >= 0.6 is 11.3 Å². The van der Waals surface area contributed by atoms with E-state index in [0.29, 0.717) is 31.7 Å². The van der Waals surface area contributed by atoms with Gasteiger partial charge in [-0.2, -0.15) is 0 Å². The molecule has 31 heavy (non-hydrogen) atoms. The molecule has 1 aromatic carbocycles. The van der Waals surface area contributed by atoms with Gasteiger partial charge in [-0.3, -0.25) is 9.59 Å². The Kier molecular flexibility index (Phi) is 6.13. The fraction of sp³-hybridized carbons (Fsp3) is 0.364. The lowest BCUT2D eigenvalue weighted by molar-refractivity contribution is -0.134. The van der Waals surface area contributed by atoms with Crippen LogP contribution in [0, 0.1) is 11.7 Å². The van der Waals surface area contributed by atoms with Gasteiger partial charge in [-0.25, -0.2) is 14.4 Å². The molecule has 1 unspecified atom stereocenters. The summed E-state index contributed by atoms with van der Waals surface area (Å²) >= 11 is 1.55. The van der Waals surface area contributed by atoms with Gasteiger partial charge in [-0.05, 0) is 42.3 Å². The molecule has 1 fully saturated rings. The molecule has 1 aliphatic heterocycles. The van der Waals surface area contributed by atoms with Gasteiger partial charge in [-0.15, -0.1) is 0 Å². The number of carbonyl (C=O) groups excluding carboxylic acids is 2. The smallest absolute Gasteiger partial charge is 0.251 e. The molecule has 4 rings (SSSR count). The minimum Gasteiger partial charge on any atom is -0.344 e. The number of amides is 2. The Morgan fingerprint density at radius 2 is 1.81 bits per heavy atom. The zero-order valence-electron chi connectivity index (χ0n) is 17.4. The van der Waals surface area contributed by atoms with Crippen LogP contribution in [0.25, 0.3) is 10.3 Å². The average Bonchev–Trinajstić information content (AvgIpc) is 3.21. The number of hydrogen-bond donors (Lipinski definition) is 1. The number of nitrogens with one attached hydrogen (secondary N) is 1. The Labute approximate surface area is 183 Å². The van der Waals surface area contributed by atoms with Crippen molar-refractivity contribution in [1.29, 1.82) is 0 Å². The number of nitrogens with zero attached hydrogens (tertiary/aromatic N) is 4. The van der Waals surface area contributed by atoms with Crippen molar-refractivity contribution in [3.63, 3.8) is 0 Å². The Hall–Kier alpha value is -3.07. The molecule has 1 aliphatic rings. The molecule has 0 saturated carbocycles. The Morgan fingerprint density at radius 3 is 2.45 bits per heavy atom. The highest BCUT2D eigenvalue weighted by atomic mass is 32.1. The number of hydrogen-bond acceptors (Lipinski definition) is 6. The number of piperazine rings is 1. The van der Waals surface area contributed by atoms with Crippen molar-refractivity contribution >= 4 is 38.6 Å². The predicted octanol–water partition coefficient (Wildman–Crippen LogP) is 2.93. The lowest BCUT2D eigenvalue weighted by atomic mass is 10.0. The maximum absolute atomic E-state index is 13.2. The molecule has 162 valence electrons. The van der Waals surface area contributed by atoms with Crippen molar-refractivity contribution < 1.29 is 14.0 Å². The van der Waals surface area contributed by atoms with Gasteiger partial charge in [0, 0.05) is 37.9 Å². The third-order valence-corrected chi connectivity index (χ3v) is 6.38. The second kappa shape index (κ2) is 8.97. The van der Waals surface area contributed by atoms with E-state index in [4.69, 9.17) is 0 Å². The highest BCUT2D eigenvalue weighted by Gasteiger charge is 2.31. The van der Waals surface area contributed by atoms with E-state index in [1.54, 1.807) is 22.4 Å². The van der Waals surface area contributed by atoms with Gasteiger partial charge in [0.25, 0.3) is 5.91 Å². The maximum Gasteiger partial charge on any atom is 0.251 e. The molecule has 7 nitrogen and oxygen atoms in total. The summed E-state index contributed by atoms with van der Waals surface area (Å²) in [5.74, 6) is -0.969. The molecule has 0 spiro atoms. The van der Waals surface area contributed by atoms with Crippen molar-refractivity contribution in [2.75, 3.05) is 31.1 Å². The summed E-state index contributed by atoms with van der Waals surface area (Å²) in [6, 6.07) is 8.47. The second-order valence-electron chi connectivity index (χ2n) is 7.84. The van der Waals surface area contributed by atoms with Crippen LogP contribution in [0.3, 0.4) is 0 Å². The van der Waals surface area contributed by atoms with E-state index in [1.165, 1.54) is 24.3 Å². The van der Waals surface area contributed by atoms with Crippen LogP contribution in [0.2, 0.25) is 0 Å². The Morgan fingerprint density at radius 1 is 1.10 bits per heavy atom. The molecule has 0 bridgehead atoms. The zero-order valence-corrected chi connectivity index (χ0v) is 18.2. The number of rotatable bonds is 5. The normalized spacial score (nSPS) is 15.4. The van der Waals surface area contributed by atoms with Crippen molar-refractivity contribution in [3.8, 4) is 0 Å². The van der Waals surface area contributed by atoms with Crippen LogP contribution in [0.1, 0.15) is 24.2 Å². The van der Waals surface area contributed by atoms with Crippen molar-refractivity contribution in [1.82, 2.24) is 20.2 Å². The third-order valence-electron chi connectivity index (χ3n) is 5.34. The fourth-order valence-corrected chi connectivity index (χ4v) is 4.51. The van der Waals surface area contributed by atoms with Crippen LogP contribution < -0.4 is 10.2 Å². The van der Waals surface area contributed by atoms with E-state index in [2.05, 4.69) is 20.2 Å². The predicted molar refractivity (Wildman–Crippen MR) is 119 cm³/mol. The molecule has 1 N–H and O–H groups in total. The summed E-state index contributed by atoms with van der Waals surface area (Å²) in [5, 5.41) is 3.73. The van der Waals surface area contributed by atoms with Crippen LogP contribution in [0.15, 0.2) is 42.6 Å². The number of benzene rings is 1. The lowest BCUT2D eigenvalue weighted by Crippen LogP contribution is -2.56. The summed E-state index contributed by atoms with van der Waals surface area (Å²) < 4.78 is 13.1. The van der Waals surface area contributed by atoms with Gasteiger partial charge in [0.15, 0.2) is 5.13 Å². The number of pyridine rings is 1. The van der Waals surface area contributed by atoms with Gasteiger partial charge < -0.3 is 15.1 Å². The Balaban J connectivity index is 1.39. The molecule has 3 heterocycles. The first-order chi connectivity index (χ1) is 14.9. The van der Waals surface area contributed by atoms with Gasteiger partial charge in [0.05, 0.1) is 0 Å². The maximum atomic E-state index is 13.2. The number of carbonyl (C=O) groups is 2. The number of fused-ring (bicyclic) bond motifs is 1. The van der Waals surface area contributed by atoms with E-state index in [0.717, 1.165) is 15.5 Å². The summed E-state index contributed by atoms with van der Waals surface area (Å²) in [6.45, 7) is 6.25. The molecule has 9 heteroatoms. The van der Waals surface area contributed by atoms with Crippen LogP contribution in [-0.4, -0.2) is 58.9 Å². The second-order valence-corrected chi connectivity index (χ2v) is 8.79. The minimum absolute atomic E-state index is 0.0785. The first kappa shape index (κ1) is 21.2. The molecule has 1 atom stereocenters. The summed E-state index contributed by atoms with van der Waals surface area (Å²) in [4.78, 5) is 39.6. The molecule has 0 aliphatic carbocycles. The molecule has 3 aromatic rings. The highest BCUT2D eigenvalue weighted by molar-refractivity contribution is 7.21. The van der Waals surface area contributed by atoms with Crippen LogP contribution in [-0.2, 0) is 4.79 Å². The fourth-order valence-electron chi connectivity index (χ4n) is 3.55. The van der Waals surface area contributed by atoms with Crippen molar-refractivity contribution in [2.24, 2.45) is 5.92 Å².